The molecule has 1 aliphatic heterocycles. The van der Waals surface area contributed by atoms with Crippen molar-refractivity contribution in [2.75, 3.05) is 10.6 Å². The predicted octanol–water partition coefficient (Wildman–Crippen LogP) is 4.40. The molecular weight excluding hydrogens is 394 g/mol. The van der Waals surface area contributed by atoms with Crippen molar-refractivity contribution in [2.24, 2.45) is 0 Å². The van der Waals surface area contributed by atoms with Crippen LogP contribution in [0.15, 0.2) is 42.9 Å². The molecule has 0 unspecified atom stereocenters. The molecule has 0 saturated carbocycles. The molecule has 31 heavy (non-hydrogen) atoms. The first-order chi connectivity index (χ1) is 14.6. The van der Waals surface area contributed by atoms with Crippen molar-refractivity contribution in [2.45, 2.75) is 57.7 Å². The van der Waals surface area contributed by atoms with Crippen LogP contribution in [-0.2, 0) is 0 Å². The van der Waals surface area contributed by atoms with Gasteiger partial charge < -0.3 is 16.0 Å². The molecule has 3 heterocycles. The van der Waals surface area contributed by atoms with Gasteiger partial charge in [-0.05, 0) is 52.7 Å². The van der Waals surface area contributed by atoms with Gasteiger partial charge in [-0.15, -0.1) is 0 Å². The fourth-order valence-electron chi connectivity index (χ4n) is 4.70. The Hall–Kier alpha value is -3.33. The van der Waals surface area contributed by atoms with Crippen LogP contribution in [0, 0.1) is 10.1 Å². The quantitative estimate of drug-likeness (QED) is 0.410. The molecule has 2 aromatic heterocycles. The highest BCUT2D eigenvalue weighted by Crippen LogP contribution is 2.36. The normalized spacial score (nSPS) is 17.9. The van der Waals surface area contributed by atoms with Crippen LogP contribution in [0.5, 0.6) is 0 Å². The lowest BCUT2D eigenvalue weighted by atomic mass is 9.79. The second-order valence-corrected chi connectivity index (χ2v) is 9.32. The van der Waals surface area contributed by atoms with Crippen molar-refractivity contribution in [3.63, 3.8) is 0 Å². The molecule has 3 aromatic rings. The van der Waals surface area contributed by atoms with E-state index in [2.05, 4.69) is 58.6 Å². The van der Waals surface area contributed by atoms with Crippen molar-refractivity contribution >= 4 is 33.9 Å². The van der Waals surface area contributed by atoms with E-state index in [1.54, 1.807) is 6.20 Å². The van der Waals surface area contributed by atoms with Crippen molar-refractivity contribution in [1.82, 2.24) is 20.3 Å². The van der Waals surface area contributed by atoms with Crippen molar-refractivity contribution < 1.29 is 4.92 Å². The average molecular weight is 422 g/mol. The second-order valence-electron chi connectivity index (χ2n) is 9.32. The highest BCUT2D eigenvalue weighted by atomic mass is 16.6. The van der Waals surface area contributed by atoms with Gasteiger partial charge in [-0.3, -0.25) is 15.1 Å². The highest BCUT2D eigenvalue weighted by Gasteiger charge is 2.38. The molecule has 0 atom stereocenters. The van der Waals surface area contributed by atoms with Crippen LogP contribution in [0.25, 0.3) is 10.9 Å². The van der Waals surface area contributed by atoms with Gasteiger partial charge in [-0.25, -0.2) is 9.97 Å². The lowest BCUT2D eigenvalue weighted by Gasteiger charge is -2.46. The van der Waals surface area contributed by atoms with Gasteiger partial charge in [0.2, 0.25) is 11.6 Å². The van der Waals surface area contributed by atoms with Gasteiger partial charge in [0.05, 0.1) is 16.1 Å². The van der Waals surface area contributed by atoms with Gasteiger partial charge in [0.25, 0.3) is 0 Å². The molecule has 9 nitrogen and oxygen atoms in total. The minimum absolute atomic E-state index is 0.0342. The number of fused-ring (bicyclic) bond motifs is 1. The molecule has 162 valence electrons. The van der Waals surface area contributed by atoms with E-state index in [4.69, 9.17) is 0 Å². The number of para-hydroxylation sites is 1. The Balaban J connectivity index is 1.68. The van der Waals surface area contributed by atoms with Gasteiger partial charge in [-0.2, -0.15) is 0 Å². The van der Waals surface area contributed by atoms with E-state index < -0.39 is 4.92 Å². The van der Waals surface area contributed by atoms with Crippen LogP contribution < -0.4 is 16.0 Å². The van der Waals surface area contributed by atoms with Crippen molar-refractivity contribution in [3.05, 3.63) is 53.0 Å². The van der Waals surface area contributed by atoms with E-state index in [0.29, 0.717) is 11.2 Å². The van der Waals surface area contributed by atoms with E-state index in [9.17, 15) is 10.1 Å². The fraction of sp³-hybridized carbons (Fsp3) is 0.409. The lowest BCUT2D eigenvalue weighted by molar-refractivity contribution is -0.383. The molecular formula is C22H27N7O2. The molecule has 0 spiro atoms. The summed E-state index contributed by atoms with van der Waals surface area (Å²) in [6, 6.07) is 9.46. The monoisotopic (exact) mass is 421 g/mol. The zero-order chi connectivity index (χ0) is 22.2. The first-order valence-corrected chi connectivity index (χ1v) is 10.3. The Morgan fingerprint density at radius 3 is 2.42 bits per heavy atom. The molecule has 1 aliphatic rings. The summed E-state index contributed by atoms with van der Waals surface area (Å²) >= 11 is 0. The number of hydrogen-bond acceptors (Lipinski definition) is 8. The SMILES string of the molecule is CC1(C)CC(Nc2ncnc(Nc3cccc4cccnc34)c2[N+](=O)[O-])CC(C)(C)N1. The lowest BCUT2D eigenvalue weighted by Crippen LogP contribution is -2.60. The van der Waals surface area contributed by atoms with E-state index in [1.165, 1.54) is 6.33 Å². The van der Waals surface area contributed by atoms with Crippen molar-refractivity contribution in [3.8, 4) is 0 Å². The van der Waals surface area contributed by atoms with Crippen LogP contribution in [0.2, 0.25) is 0 Å². The largest absolute Gasteiger partial charge is 0.361 e. The number of nitro groups is 1. The van der Waals surface area contributed by atoms with E-state index in [1.807, 2.05) is 30.3 Å². The van der Waals surface area contributed by atoms with Crippen LogP contribution in [-0.4, -0.2) is 37.0 Å². The Morgan fingerprint density at radius 2 is 1.71 bits per heavy atom. The smallest absolute Gasteiger partial charge is 0.353 e. The third-order valence-corrected chi connectivity index (χ3v) is 5.42. The Kier molecular flexibility index (Phi) is 5.22. The summed E-state index contributed by atoms with van der Waals surface area (Å²) in [5.74, 6) is 0.349. The van der Waals surface area contributed by atoms with Gasteiger partial charge in [0.1, 0.15) is 6.33 Å². The molecule has 1 saturated heterocycles. The summed E-state index contributed by atoms with van der Waals surface area (Å²) in [5, 5.41) is 23.0. The molecule has 4 rings (SSSR count). The Labute approximate surface area is 180 Å². The topological polar surface area (TPSA) is 118 Å². The molecule has 3 N–H and O–H groups in total. The maximum absolute atomic E-state index is 12.0. The number of pyridine rings is 1. The van der Waals surface area contributed by atoms with Crippen LogP contribution in [0.4, 0.5) is 23.0 Å². The van der Waals surface area contributed by atoms with Crippen LogP contribution in [0.1, 0.15) is 40.5 Å². The number of nitrogens with zero attached hydrogens (tertiary/aromatic N) is 4. The highest BCUT2D eigenvalue weighted by molar-refractivity contribution is 5.92. The third kappa shape index (κ3) is 4.56. The third-order valence-electron chi connectivity index (χ3n) is 5.42. The number of rotatable bonds is 5. The molecule has 1 aromatic carbocycles. The van der Waals surface area contributed by atoms with Crippen LogP contribution >= 0.6 is 0 Å². The van der Waals surface area contributed by atoms with Gasteiger partial charge in [0.15, 0.2) is 0 Å². The van der Waals surface area contributed by atoms with E-state index in [0.717, 1.165) is 18.2 Å². The molecule has 9 heteroatoms. The molecule has 0 aliphatic carbocycles. The van der Waals surface area contributed by atoms with Gasteiger partial charge >= 0.3 is 5.69 Å². The van der Waals surface area contributed by atoms with Gasteiger partial charge in [-0.1, -0.05) is 18.2 Å². The predicted molar refractivity (Wildman–Crippen MR) is 122 cm³/mol. The van der Waals surface area contributed by atoms with Crippen molar-refractivity contribution in [1.29, 1.82) is 0 Å². The van der Waals surface area contributed by atoms with Crippen LogP contribution in [0.3, 0.4) is 0 Å². The zero-order valence-electron chi connectivity index (χ0n) is 18.1. The Bertz CT molecular complexity index is 1110. The number of benzene rings is 1. The number of anilines is 3. The molecule has 1 fully saturated rings. The molecule has 0 radical (unpaired) electrons. The molecule has 0 bridgehead atoms. The van der Waals surface area contributed by atoms with Gasteiger partial charge in [0, 0.05) is 28.7 Å². The summed E-state index contributed by atoms with van der Waals surface area (Å²) < 4.78 is 0. The maximum atomic E-state index is 12.0. The summed E-state index contributed by atoms with van der Waals surface area (Å²) in [5.41, 5.74) is 0.988. The number of nitrogens with one attached hydrogen (secondary N) is 3. The molecule has 0 amide bonds. The van der Waals surface area contributed by atoms with E-state index in [-0.39, 0.29) is 34.4 Å². The average Bonchev–Trinajstić information content (AvgIpc) is 2.65. The maximum Gasteiger partial charge on any atom is 0.353 e. The first-order valence-electron chi connectivity index (χ1n) is 10.3. The number of hydrogen-bond donors (Lipinski definition) is 3. The second kappa shape index (κ2) is 7.73. The minimum Gasteiger partial charge on any atom is -0.361 e. The minimum atomic E-state index is -0.444. The summed E-state index contributed by atoms with van der Waals surface area (Å²) in [7, 11) is 0. The summed E-state index contributed by atoms with van der Waals surface area (Å²) in [4.78, 5) is 24.4. The number of aromatic nitrogens is 3. The zero-order valence-corrected chi connectivity index (χ0v) is 18.1. The summed E-state index contributed by atoms with van der Waals surface area (Å²) in [6.07, 6.45) is 4.66. The Morgan fingerprint density at radius 1 is 1.03 bits per heavy atom. The number of piperidine rings is 1. The van der Waals surface area contributed by atoms with E-state index >= 15 is 0 Å². The standard InChI is InChI=1S/C22H27N7O2/c1-21(2)11-15(12-22(3,4)28-21)26-19-18(29(30)31)20(25-13-24-19)27-16-9-5-7-14-8-6-10-23-17(14)16/h5-10,13,15,28H,11-12H2,1-4H3,(H2,24,25,26,27). The fourth-order valence-corrected chi connectivity index (χ4v) is 4.70. The first kappa shape index (κ1) is 20.9. The summed E-state index contributed by atoms with van der Waals surface area (Å²) in [6.45, 7) is 8.55.